The lowest BCUT2D eigenvalue weighted by atomic mass is 9.93. The van der Waals surface area contributed by atoms with Gasteiger partial charge in [0.25, 0.3) is 0 Å². The van der Waals surface area contributed by atoms with Crippen molar-refractivity contribution in [1.82, 2.24) is 24.9 Å². The number of nitrogens with zero attached hydrogens (tertiary/aromatic N) is 5. The molecule has 0 radical (unpaired) electrons. The van der Waals surface area contributed by atoms with Gasteiger partial charge in [0.1, 0.15) is 5.60 Å². The Hall–Kier alpha value is -3.00. The van der Waals surface area contributed by atoms with E-state index in [9.17, 15) is 4.79 Å². The van der Waals surface area contributed by atoms with E-state index in [1.165, 1.54) is 0 Å². The zero-order chi connectivity index (χ0) is 22.3. The normalized spacial score (nSPS) is 18.0. The number of ether oxygens (including phenoxy) is 2. The van der Waals surface area contributed by atoms with Gasteiger partial charge in [0.05, 0.1) is 42.4 Å². The zero-order valence-corrected chi connectivity index (χ0v) is 18.8. The number of fused-ring (bicyclic) bond motifs is 1. The van der Waals surface area contributed by atoms with Gasteiger partial charge in [-0.05, 0) is 51.8 Å². The van der Waals surface area contributed by atoms with Gasteiger partial charge in [0.15, 0.2) is 0 Å². The van der Waals surface area contributed by atoms with Crippen LogP contribution in [0, 0.1) is 0 Å². The number of hydrogen-bond acceptors (Lipinski definition) is 6. The minimum Gasteiger partial charge on any atom is -0.444 e. The number of hydrogen-bond donors (Lipinski definition) is 0. The van der Waals surface area contributed by atoms with Crippen LogP contribution in [0.1, 0.15) is 51.3 Å². The minimum absolute atomic E-state index is 0.236. The van der Waals surface area contributed by atoms with Gasteiger partial charge in [-0.3, -0.25) is 4.68 Å². The van der Waals surface area contributed by atoms with Gasteiger partial charge in [-0.25, -0.2) is 4.79 Å². The molecule has 2 aliphatic heterocycles. The summed E-state index contributed by atoms with van der Waals surface area (Å²) in [5.41, 5.74) is 3.48. The molecule has 168 valence electrons. The summed E-state index contributed by atoms with van der Waals surface area (Å²) in [5.74, 6) is 0.303. The first-order valence-corrected chi connectivity index (χ1v) is 11.2. The standard InChI is InChI=1S/C24H29N5O3/c1-24(2,3)32-23(30)28-10-8-16(9-11-28)20-6-7-21(27-26-20)17-4-5-18-13-25-29(22(18)12-17)19-14-31-15-19/h4-7,12-13,16,19H,8-11,14-15H2,1-3H3. The molecule has 0 saturated carbocycles. The summed E-state index contributed by atoms with van der Waals surface area (Å²) in [6.07, 6.45) is 3.39. The Morgan fingerprint density at radius 3 is 2.50 bits per heavy atom. The van der Waals surface area contributed by atoms with Crippen LogP contribution in [-0.4, -0.2) is 62.9 Å². The van der Waals surface area contributed by atoms with Crippen LogP contribution >= 0.6 is 0 Å². The molecule has 0 atom stereocenters. The summed E-state index contributed by atoms with van der Waals surface area (Å²) in [6, 6.07) is 10.7. The summed E-state index contributed by atoms with van der Waals surface area (Å²) in [7, 11) is 0. The van der Waals surface area contributed by atoms with Crippen molar-refractivity contribution in [2.24, 2.45) is 0 Å². The Morgan fingerprint density at radius 1 is 1.09 bits per heavy atom. The van der Waals surface area contributed by atoms with Gasteiger partial charge in [0.2, 0.25) is 0 Å². The van der Waals surface area contributed by atoms with Crippen molar-refractivity contribution in [3.8, 4) is 11.3 Å². The van der Waals surface area contributed by atoms with Gasteiger partial charge in [0, 0.05) is 30.0 Å². The van der Waals surface area contributed by atoms with E-state index in [1.54, 1.807) is 4.90 Å². The number of amides is 1. The quantitative estimate of drug-likeness (QED) is 0.614. The highest BCUT2D eigenvalue weighted by atomic mass is 16.6. The lowest BCUT2D eigenvalue weighted by Crippen LogP contribution is -2.41. The summed E-state index contributed by atoms with van der Waals surface area (Å²) in [6.45, 7) is 8.44. The summed E-state index contributed by atoms with van der Waals surface area (Å²) in [4.78, 5) is 14.1. The van der Waals surface area contributed by atoms with E-state index in [-0.39, 0.29) is 6.09 Å². The Labute approximate surface area is 187 Å². The van der Waals surface area contributed by atoms with E-state index in [2.05, 4.69) is 39.6 Å². The number of carbonyl (C=O) groups is 1. The topological polar surface area (TPSA) is 82.4 Å². The van der Waals surface area contributed by atoms with Crippen LogP contribution in [-0.2, 0) is 9.47 Å². The highest BCUT2D eigenvalue weighted by Gasteiger charge is 2.28. The van der Waals surface area contributed by atoms with Crippen LogP contribution in [0.2, 0.25) is 0 Å². The van der Waals surface area contributed by atoms with E-state index < -0.39 is 5.60 Å². The van der Waals surface area contributed by atoms with E-state index >= 15 is 0 Å². The second-order valence-electron chi connectivity index (χ2n) is 9.64. The van der Waals surface area contributed by atoms with E-state index in [1.807, 2.05) is 37.7 Å². The van der Waals surface area contributed by atoms with Crippen molar-refractivity contribution < 1.29 is 14.3 Å². The summed E-state index contributed by atoms with van der Waals surface area (Å²) >= 11 is 0. The van der Waals surface area contributed by atoms with Gasteiger partial charge in [-0.15, -0.1) is 0 Å². The molecule has 0 unspecified atom stereocenters. The molecule has 3 aromatic rings. The molecule has 8 nitrogen and oxygen atoms in total. The van der Waals surface area contributed by atoms with Gasteiger partial charge < -0.3 is 14.4 Å². The first-order chi connectivity index (χ1) is 15.4. The number of aromatic nitrogens is 4. The molecule has 4 heterocycles. The second-order valence-corrected chi connectivity index (χ2v) is 9.64. The number of benzene rings is 1. The highest BCUT2D eigenvalue weighted by molar-refractivity contribution is 5.83. The maximum absolute atomic E-state index is 12.3. The van der Waals surface area contributed by atoms with Gasteiger partial charge in [-0.1, -0.05) is 12.1 Å². The van der Waals surface area contributed by atoms with Crippen LogP contribution in [0.3, 0.4) is 0 Å². The maximum atomic E-state index is 12.3. The Bertz CT molecular complexity index is 1110. The lowest BCUT2D eigenvalue weighted by molar-refractivity contribution is -0.0266. The summed E-state index contributed by atoms with van der Waals surface area (Å²) < 4.78 is 12.9. The minimum atomic E-state index is -0.471. The van der Waals surface area contributed by atoms with Crippen molar-refractivity contribution in [2.75, 3.05) is 26.3 Å². The molecule has 0 N–H and O–H groups in total. The fourth-order valence-corrected chi connectivity index (χ4v) is 4.25. The van der Waals surface area contributed by atoms with Crippen molar-refractivity contribution in [2.45, 2.75) is 51.2 Å². The van der Waals surface area contributed by atoms with Crippen molar-refractivity contribution >= 4 is 17.0 Å². The molecule has 2 aromatic heterocycles. The van der Waals surface area contributed by atoms with Crippen LogP contribution in [0.25, 0.3) is 22.2 Å². The van der Waals surface area contributed by atoms with Crippen LogP contribution < -0.4 is 0 Å². The summed E-state index contributed by atoms with van der Waals surface area (Å²) in [5, 5.41) is 14.7. The van der Waals surface area contributed by atoms with Crippen molar-refractivity contribution in [1.29, 1.82) is 0 Å². The number of likely N-dealkylation sites (tertiary alicyclic amines) is 1. The predicted molar refractivity (Wildman–Crippen MR) is 120 cm³/mol. The maximum Gasteiger partial charge on any atom is 0.410 e. The Morgan fingerprint density at radius 2 is 1.88 bits per heavy atom. The van der Waals surface area contributed by atoms with Crippen molar-refractivity contribution in [3.63, 3.8) is 0 Å². The average Bonchev–Trinajstić information content (AvgIpc) is 3.14. The van der Waals surface area contributed by atoms with Crippen LogP contribution in [0.15, 0.2) is 36.5 Å². The van der Waals surface area contributed by atoms with Gasteiger partial charge >= 0.3 is 6.09 Å². The molecule has 2 aliphatic rings. The molecule has 32 heavy (non-hydrogen) atoms. The monoisotopic (exact) mass is 435 g/mol. The smallest absolute Gasteiger partial charge is 0.410 e. The third-order valence-corrected chi connectivity index (χ3v) is 6.11. The fraction of sp³-hybridized carbons (Fsp3) is 0.500. The molecule has 1 aromatic carbocycles. The van der Waals surface area contributed by atoms with Crippen molar-refractivity contribution in [3.05, 3.63) is 42.2 Å². The molecule has 1 amide bonds. The largest absolute Gasteiger partial charge is 0.444 e. The molecule has 0 aliphatic carbocycles. The fourth-order valence-electron chi connectivity index (χ4n) is 4.25. The molecule has 8 heteroatoms. The SMILES string of the molecule is CC(C)(C)OC(=O)N1CCC(c2ccc(-c3ccc4cnn(C5COC5)c4c3)nn2)CC1. The molecule has 0 spiro atoms. The Balaban J connectivity index is 1.26. The first kappa shape index (κ1) is 20.9. The number of rotatable bonds is 3. The van der Waals surface area contributed by atoms with Crippen LogP contribution in [0.5, 0.6) is 0 Å². The molecular weight excluding hydrogens is 406 g/mol. The molecule has 2 saturated heterocycles. The predicted octanol–water partition coefficient (Wildman–Crippen LogP) is 4.18. The number of carbonyl (C=O) groups excluding carboxylic acids is 1. The molecule has 0 bridgehead atoms. The molecule has 2 fully saturated rings. The average molecular weight is 436 g/mol. The number of piperidine rings is 1. The van der Waals surface area contributed by atoms with Gasteiger partial charge in [-0.2, -0.15) is 15.3 Å². The van der Waals surface area contributed by atoms with E-state index in [0.29, 0.717) is 38.3 Å². The van der Waals surface area contributed by atoms with E-state index in [4.69, 9.17) is 9.47 Å². The highest BCUT2D eigenvalue weighted by Crippen LogP contribution is 2.30. The molecule has 5 rings (SSSR count). The van der Waals surface area contributed by atoms with Crippen LogP contribution in [0.4, 0.5) is 4.79 Å². The second kappa shape index (κ2) is 8.16. The first-order valence-electron chi connectivity index (χ1n) is 11.2. The Kier molecular flexibility index (Phi) is 5.33. The zero-order valence-electron chi connectivity index (χ0n) is 18.8. The lowest BCUT2D eigenvalue weighted by Gasteiger charge is -2.33. The third kappa shape index (κ3) is 4.19. The molecular formula is C24H29N5O3. The third-order valence-electron chi connectivity index (χ3n) is 6.11. The van der Waals surface area contributed by atoms with E-state index in [0.717, 1.165) is 40.7 Å².